The molecule has 0 fully saturated rings. The molecular weight excluding hydrogens is 364 g/mol. The number of hydrogen-bond donors (Lipinski definition) is 1. The van der Waals surface area contributed by atoms with Gasteiger partial charge in [0.2, 0.25) is 0 Å². The minimum Gasteiger partial charge on any atom is -0.306 e. The van der Waals surface area contributed by atoms with Crippen LogP contribution in [0.4, 0.5) is 5.82 Å². The minimum atomic E-state index is -0.254. The van der Waals surface area contributed by atoms with Crippen LogP contribution in [-0.4, -0.2) is 30.6 Å². The number of fused-ring (bicyclic) bond motifs is 1. The summed E-state index contributed by atoms with van der Waals surface area (Å²) in [5.74, 6) is 0.912. The molecule has 0 aliphatic heterocycles. The standard InChI is InChI=1S/C22H22N6O/c1-2-3-11-19-24-20(26-22(29)17-10-7-12-23-13-17)18-15-28(27-21(18)25-19)14-16-8-5-4-6-9-16/h4-10,12-13,15H,2-3,11,14H2,1H3,(H,24,25,26,27,29). The van der Waals surface area contributed by atoms with Crippen molar-refractivity contribution in [3.63, 3.8) is 0 Å². The third-order valence-electron chi connectivity index (χ3n) is 4.57. The predicted octanol–water partition coefficient (Wildman–Crippen LogP) is 3.86. The summed E-state index contributed by atoms with van der Waals surface area (Å²) in [5.41, 5.74) is 2.20. The molecule has 0 aliphatic carbocycles. The first-order chi connectivity index (χ1) is 14.2. The quantitative estimate of drug-likeness (QED) is 0.521. The Hall–Kier alpha value is -3.61. The van der Waals surface area contributed by atoms with Crippen LogP contribution in [0.15, 0.2) is 61.1 Å². The molecule has 0 unspecified atom stereocenters. The Morgan fingerprint density at radius 3 is 2.72 bits per heavy atom. The molecule has 0 aliphatic rings. The number of nitrogens with one attached hydrogen (secondary N) is 1. The van der Waals surface area contributed by atoms with Crippen molar-refractivity contribution in [2.45, 2.75) is 32.7 Å². The van der Waals surface area contributed by atoms with E-state index in [2.05, 4.69) is 44.4 Å². The van der Waals surface area contributed by atoms with Crippen LogP contribution >= 0.6 is 0 Å². The van der Waals surface area contributed by atoms with Gasteiger partial charge in [-0.05, 0) is 24.1 Å². The number of carbonyl (C=O) groups is 1. The van der Waals surface area contributed by atoms with Crippen LogP contribution in [0.3, 0.4) is 0 Å². The topological polar surface area (TPSA) is 85.6 Å². The number of carbonyl (C=O) groups excluding carboxylic acids is 1. The van der Waals surface area contributed by atoms with Gasteiger partial charge in [-0.2, -0.15) is 5.10 Å². The molecule has 1 aromatic carbocycles. The fourth-order valence-corrected chi connectivity index (χ4v) is 3.07. The smallest absolute Gasteiger partial charge is 0.258 e. The highest BCUT2D eigenvalue weighted by atomic mass is 16.1. The Bertz CT molecular complexity index is 1110. The van der Waals surface area contributed by atoms with E-state index in [4.69, 9.17) is 0 Å². The van der Waals surface area contributed by atoms with Crippen molar-refractivity contribution in [1.82, 2.24) is 24.7 Å². The summed E-state index contributed by atoms with van der Waals surface area (Å²) in [7, 11) is 0. The van der Waals surface area contributed by atoms with Gasteiger partial charge in [-0.1, -0.05) is 43.7 Å². The highest BCUT2D eigenvalue weighted by Gasteiger charge is 2.15. The molecule has 4 rings (SSSR count). The summed E-state index contributed by atoms with van der Waals surface area (Å²) in [6.45, 7) is 2.75. The second kappa shape index (κ2) is 8.60. The van der Waals surface area contributed by atoms with E-state index in [1.54, 1.807) is 18.3 Å². The van der Waals surface area contributed by atoms with Crippen LogP contribution in [-0.2, 0) is 13.0 Å². The first-order valence-electron chi connectivity index (χ1n) is 9.72. The Labute approximate surface area is 168 Å². The van der Waals surface area contributed by atoms with Gasteiger partial charge in [-0.3, -0.25) is 14.5 Å². The number of anilines is 1. The van der Waals surface area contributed by atoms with Crippen molar-refractivity contribution in [1.29, 1.82) is 0 Å². The fraction of sp³-hybridized carbons (Fsp3) is 0.227. The molecule has 3 aromatic heterocycles. The number of unbranched alkanes of at least 4 members (excludes halogenated alkanes) is 1. The van der Waals surface area contributed by atoms with Crippen LogP contribution in [0.1, 0.15) is 41.5 Å². The van der Waals surface area contributed by atoms with Gasteiger partial charge in [0.05, 0.1) is 17.5 Å². The van der Waals surface area contributed by atoms with Gasteiger partial charge in [0.15, 0.2) is 5.65 Å². The lowest BCUT2D eigenvalue weighted by atomic mass is 10.2. The second-order valence-electron chi connectivity index (χ2n) is 6.84. The first kappa shape index (κ1) is 18.7. The number of amides is 1. The van der Waals surface area contributed by atoms with Crippen molar-refractivity contribution in [2.75, 3.05) is 5.32 Å². The molecule has 0 radical (unpaired) electrons. The number of nitrogens with zero attached hydrogens (tertiary/aromatic N) is 5. The molecule has 0 saturated carbocycles. The molecule has 0 atom stereocenters. The van der Waals surface area contributed by atoms with Crippen molar-refractivity contribution in [2.24, 2.45) is 0 Å². The minimum absolute atomic E-state index is 0.254. The zero-order valence-electron chi connectivity index (χ0n) is 16.2. The maximum atomic E-state index is 12.6. The van der Waals surface area contributed by atoms with E-state index in [-0.39, 0.29) is 5.91 Å². The van der Waals surface area contributed by atoms with Gasteiger partial charge < -0.3 is 5.32 Å². The maximum absolute atomic E-state index is 12.6. The summed E-state index contributed by atoms with van der Waals surface area (Å²) in [6.07, 6.45) is 7.81. The monoisotopic (exact) mass is 386 g/mol. The SMILES string of the molecule is CCCCc1nc(NC(=O)c2cccnc2)c2cn(Cc3ccccc3)nc2n1. The molecule has 7 heteroatoms. The van der Waals surface area contributed by atoms with E-state index in [0.717, 1.165) is 30.2 Å². The molecule has 0 saturated heterocycles. The molecule has 0 bridgehead atoms. The van der Waals surface area contributed by atoms with E-state index >= 15 is 0 Å². The molecule has 3 heterocycles. The van der Waals surface area contributed by atoms with Crippen LogP contribution in [0.2, 0.25) is 0 Å². The molecule has 146 valence electrons. The zero-order valence-corrected chi connectivity index (χ0v) is 16.2. The average molecular weight is 386 g/mol. The molecule has 7 nitrogen and oxygen atoms in total. The number of aryl methyl sites for hydroxylation is 1. The second-order valence-corrected chi connectivity index (χ2v) is 6.84. The van der Waals surface area contributed by atoms with Crippen LogP contribution in [0.5, 0.6) is 0 Å². The van der Waals surface area contributed by atoms with Gasteiger partial charge in [-0.25, -0.2) is 9.97 Å². The summed E-state index contributed by atoms with van der Waals surface area (Å²) in [4.78, 5) is 25.9. The fourth-order valence-electron chi connectivity index (χ4n) is 3.07. The van der Waals surface area contributed by atoms with Gasteiger partial charge in [0, 0.05) is 25.0 Å². The molecule has 1 N–H and O–H groups in total. The number of benzene rings is 1. The van der Waals surface area contributed by atoms with Crippen molar-refractivity contribution < 1.29 is 4.79 Å². The van der Waals surface area contributed by atoms with Crippen molar-refractivity contribution in [3.8, 4) is 0 Å². The van der Waals surface area contributed by atoms with Gasteiger partial charge in [0.25, 0.3) is 5.91 Å². The number of hydrogen-bond acceptors (Lipinski definition) is 5. The largest absolute Gasteiger partial charge is 0.306 e. The molecule has 1 amide bonds. The average Bonchev–Trinajstić information content (AvgIpc) is 3.16. The number of aromatic nitrogens is 5. The lowest BCUT2D eigenvalue weighted by molar-refractivity contribution is 0.102. The van der Waals surface area contributed by atoms with Crippen LogP contribution in [0.25, 0.3) is 11.0 Å². The molecule has 29 heavy (non-hydrogen) atoms. The molecular formula is C22H22N6O. The number of pyridine rings is 1. The number of rotatable bonds is 7. The Balaban J connectivity index is 1.69. The van der Waals surface area contributed by atoms with E-state index in [1.165, 1.54) is 6.20 Å². The predicted molar refractivity (Wildman–Crippen MR) is 112 cm³/mol. The maximum Gasteiger partial charge on any atom is 0.258 e. The highest BCUT2D eigenvalue weighted by molar-refractivity contribution is 6.07. The van der Waals surface area contributed by atoms with Crippen molar-refractivity contribution in [3.05, 3.63) is 78.0 Å². The normalized spacial score (nSPS) is 10.9. The molecule has 0 spiro atoms. The van der Waals surface area contributed by atoms with E-state index in [0.29, 0.717) is 29.4 Å². The van der Waals surface area contributed by atoms with Gasteiger partial charge >= 0.3 is 0 Å². The third-order valence-corrected chi connectivity index (χ3v) is 4.57. The van der Waals surface area contributed by atoms with E-state index in [1.807, 2.05) is 29.1 Å². The van der Waals surface area contributed by atoms with E-state index < -0.39 is 0 Å². The van der Waals surface area contributed by atoms with Crippen LogP contribution < -0.4 is 5.32 Å². The Kier molecular flexibility index (Phi) is 5.56. The van der Waals surface area contributed by atoms with Gasteiger partial charge in [-0.15, -0.1) is 0 Å². The van der Waals surface area contributed by atoms with Crippen LogP contribution in [0, 0.1) is 0 Å². The third kappa shape index (κ3) is 4.45. The van der Waals surface area contributed by atoms with Gasteiger partial charge in [0.1, 0.15) is 11.6 Å². The lowest BCUT2D eigenvalue weighted by Crippen LogP contribution is -2.14. The molecule has 4 aromatic rings. The highest BCUT2D eigenvalue weighted by Crippen LogP contribution is 2.21. The summed E-state index contributed by atoms with van der Waals surface area (Å²) < 4.78 is 1.83. The summed E-state index contributed by atoms with van der Waals surface area (Å²) in [6, 6.07) is 13.5. The lowest BCUT2D eigenvalue weighted by Gasteiger charge is -2.07. The Morgan fingerprint density at radius 2 is 1.97 bits per heavy atom. The summed E-state index contributed by atoms with van der Waals surface area (Å²) in [5, 5.41) is 8.25. The first-order valence-corrected chi connectivity index (χ1v) is 9.72. The zero-order chi connectivity index (χ0) is 20.1. The van der Waals surface area contributed by atoms with Crippen molar-refractivity contribution >= 4 is 22.8 Å². The Morgan fingerprint density at radius 1 is 1.10 bits per heavy atom. The van der Waals surface area contributed by atoms with E-state index in [9.17, 15) is 4.79 Å². The summed E-state index contributed by atoms with van der Waals surface area (Å²) >= 11 is 0.